The number of amides is 1. The Balaban J connectivity index is 1.79. The number of likely N-dealkylation sites (tertiary alicyclic amines) is 1. The zero-order chi connectivity index (χ0) is 11.9. The first-order valence-corrected chi connectivity index (χ1v) is 6.21. The zero-order valence-corrected chi connectivity index (χ0v) is 10.1. The molecule has 1 aliphatic carbocycles. The van der Waals surface area contributed by atoms with E-state index >= 15 is 0 Å². The summed E-state index contributed by atoms with van der Waals surface area (Å²) in [7, 11) is 0. The number of fused-ring (bicyclic) bond motifs is 1. The van der Waals surface area contributed by atoms with Gasteiger partial charge in [-0.25, -0.2) is 0 Å². The van der Waals surface area contributed by atoms with Gasteiger partial charge in [0.1, 0.15) is 5.75 Å². The fraction of sp³-hybridized carbons (Fsp3) is 0.500. The molecule has 1 amide bonds. The van der Waals surface area contributed by atoms with Crippen LogP contribution in [0, 0.1) is 5.92 Å². The zero-order valence-electron chi connectivity index (χ0n) is 10.1. The highest BCUT2D eigenvalue weighted by Crippen LogP contribution is 2.58. The standard InChI is InChI=1S/C14H17NO2/c1-2-17-13-5-3-11(4-6-13)14-7-12(14)8-15(9-14)10-16/h3-6,10,12H,2,7-9H2,1H3/t12-,14+/m0/s1. The van der Waals surface area contributed by atoms with Crippen LogP contribution in [0.15, 0.2) is 24.3 Å². The van der Waals surface area contributed by atoms with Crippen molar-refractivity contribution in [2.24, 2.45) is 5.92 Å². The number of ether oxygens (including phenoxy) is 1. The molecule has 17 heavy (non-hydrogen) atoms. The number of piperidine rings is 1. The van der Waals surface area contributed by atoms with Gasteiger partial charge in [-0.2, -0.15) is 0 Å². The van der Waals surface area contributed by atoms with Crippen molar-refractivity contribution in [3.63, 3.8) is 0 Å². The lowest BCUT2D eigenvalue weighted by Gasteiger charge is -2.17. The Kier molecular flexibility index (Phi) is 2.35. The van der Waals surface area contributed by atoms with E-state index < -0.39 is 0 Å². The number of hydrogen-bond acceptors (Lipinski definition) is 2. The number of hydrogen-bond donors (Lipinski definition) is 0. The molecule has 2 fully saturated rings. The summed E-state index contributed by atoms with van der Waals surface area (Å²) in [6, 6.07) is 8.37. The quantitative estimate of drug-likeness (QED) is 0.740. The van der Waals surface area contributed by atoms with E-state index in [4.69, 9.17) is 4.74 Å². The normalized spacial score (nSPS) is 29.9. The maximum Gasteiger partial charge on any atom is 0.209 e. The Bertz CT molecular complexity index is 428. The van der Waals surface area contributed by atoms with Gasteiger partial charge in [0.25, 0.3) is 0 Å². The van der Waals surface area contributed by atoms with Crippen molar-refractivity contribution < 1.29 is 9.53 Å². The average Bonchev–Trinajstić information content (AvgIpc) is 2.93. The molecule has 1 aliphatic heterocycles. The lowest BCUT2D eigenvalue weighted by Crippen LogP contribution is -2.24. The molecule has 1 heterocycles. The third kappa shape index (κ3) is 1.61. The average molecular weight is 231 g/mol. The Labute approximate surface area is 101 Å². The van der Waals surface area contributed by atoms with E-state index in [-0.39, 0.29) is 5.41 Å². The molecular formula is C14H17NO2. The van der Waals surface area contributed by atoms with Crippen molar-refractivity contribution in [3.8, 4) is 5.75 Å². The van der Waals surface area contributed by atoms with Gasteiger partial charge < -0.3 is 9.64 Å². The minimum atomic E-state index is 0.256. The smallest absolute Gasteiger partial charge is 0.209 e. The van der Waals surface area contributed by atoms with Gasteiger partial charge in [-0.15, -0.1) is 0 Å². The van der Waals surface area contributed by atoms with Crippen LogP contribution in [0.1, 0.15) is 18.9 Å². The first-order chi connectivity index (χ1) is 8.28. The highest BCUT2D eigenvalue weighted by atomic mass is 16.5. The van der Waals surface area contributed by atoms with Crippen molar-refractivity contribution in [1.82, 2.24) is 4.90 Å². The molecular weight excluding hydrogens is 214 g/mol. The van der Waals surface area contributed by atoms with E-state index in [0.717, 1.165) is 25.2 Å². The second-order valence-electron chi connectivity index (χ2n) is 5.05. The molecule has 0 unspecified atom stereocenters. The second kappa shape index (κ2) is 3.76. The monoisotopic (exact) mass is 231 g/mol. The van der Waals surface area contributed by atoms with Gasteiger partial charge in [0.05, 0.1) is 6.61 Å². The van der Waals surface area contributed by atoms with E-state index in [0.29, 0.717) is 12.5 Å². The van der Waals surface area contributed by atoms with Crippen molar-refractivity contribution >= 4 is 6.41 Å². The maximum atomic E-state index is 10.8. The van der Waals surface area contributed by atoms with Crippen LogP contribution in [0.5, 0.6) is 5.75 Å². The molecule has 1 aromatic rings. The molecule has 0 spiro atoms. The number of nitrogens with zero attached hydrogens (tertiary/aromatic N) is 1. The van der Waals surface area contributed by atoms with Gasteiger partial charge in [0.15, 0.2) is 0 Å². The Morgan fingerprint density at radius 2 is 2.24 bits per heavy atom. The van der Waals surface area contributed by atoms with Crippen molar-refractivity contribution in [2.45, 2.75) is 18.8 Å². The van der Waals surface area contributed by atoms with E-state index in [9.17, 15) is 4.79 Å². The summed E-state index contributed by atoms with van der Waals surface area (Å²) in [5.74, 6) is 1.60. The Morgan fingerprint density at radius 1 is 1.47 bits per heavy atom. The van der Waals surface area contributed by atoms with Gasteiger partial charge in [-0.05, 0) is 37.0 Å². The largest absolute Gasteiger partial charge is 0.494 e. The fourth-order valence-electron chi connectivity index (χ4n) is 3.10. The third-order valence-electron chi connectivity index (χ3n) is 4.06. The summed E-state index contributed by atoms with van der Waals surface area (Å²) < 4.78 is 5.45. The predicted molar refractivity (Wildman–Crippen MR) is 65.0 cm³/mol. The second-order valence-corrected chi connectivity index (χ2v) is 5.05. The SMILES string of the molecule is CCOc1ccc([C@]23C[C@H]2CN(C=O)C3)cc1. The van der Waals surface area contributed by atoms with Crippen LogP contribution in [-0.4, -0.2) is 31.0 Å². The Hall–Kier alpha value is -1.51. The third-order valence-corrected chi connectivity index (χ3v) is 4.06. The Morgan fingerprint density at radius 3 is 2.82 bits per heavy atom. The first-order valence-electron chi connectivity index (χ1n) is 6.21. The van der Waals surface area contributed by atoms with Crippen LogP contribution in [0.25, 0.3) is 0 Å². The molecule has 3 rings (SSSR count). The molecule has 2 aliphatic rings. The molecule has 1 saturated carbocycles. The molecule has 1 saturated heterocycles. The molecule has 3 heteroatoms. The molecule has 3 nitrogen and oxygen atoms in total. The molecule has 1 aromatic carbocycles. The molecule has 0 bridgehead atoms. The first kappa shape index (κ1) is 10.6. The number of carbonyl (C=O) groups excluding carboxylic acids is 1. The van der Waals surface area contributed by atoms with Crippen LogP contribution in [0.4, 0.5) is 0 Å². The van der Waals surface area contributed by atoms with Gasteiger partial charge in [-0.1, -0.05) is 12.1 Å². The summed E-state index contributed by atoms with van der Waals surface area (Å²) in [5, 5.41) is 0. The van der Waals surface area contributed by atoms with Crippen LogP contribution in [0.2, 0.25) is 0 Å². The maximum absolute atomic E-state index is 10.8. The molecule has 0 aromatic heterocycles. The van der Waals surface area contributed by atoms with Crippen molar-refractivity contribution in [1.29, 1.82) is 0 Å². The summed E-state index contributed by atoms with van der Waals surface area (Å²) in [6.07, 6.45) is 2.20. The van der Waals surface area contributed by atoms with Crippen molar-refractivity contribution in [2.75, 3.05) is 19.7 Å². The highest BCUT2D eigenvalue weighted by Gasteiger charge is 2.60. The summed E-state index contributed by atoms with van der Waals surface area (Å²) in [5.41, 5.74) is 1.61. The summed E-state index contributed by atoms with van der Waals surface area (Å²) >= 11 is 0. The summed E-state index contributed by atoms with van der Waals surface area (Å²) in [6.45, 7) is 4.50. The van der Waals surface area contributed by atoms with E-state index in [2.05, 4.69) is 12.1 Å². The number of benzene rings is 1. The van der Waals surface area contributed by atoms with E-state index in [1.54, 1.807) is 0 Å². The van der Waals surface area contributed by atoms with Gasteiger partial charge >= 0.3 is 0 Å². The minimum Gasteiger partial charge on any atom is -0.494 e. The molecule has 0 N–H and O–H groups in total. The highest BCUT2D eigenvalue weighted by molar-refractivity contribution is 5.52. The van der Waals surface area contributed by atoms with Gasteiger partial charge in [-0.3, -0.25) is 4.79 Å². The van der Waals surface area contributed by atoms with Crippen LogP contribution in [-0.2, 0) is 10.2 Å². The molecule has 2 atom stereocenters. The predicted octanol–water partition coefficient (Wildman–Crippen LogP) is 1.81. The topological polar surface area (TPSA) is 29.5 Å². The van der Waals surface area contributed by atoms with Crippen molar-refractivity contribution in [3.05, 3.63) is 29.8 Å². The summed E-state index contributed by atoms with van der Waals surface area (Å²) in [4.78, 5) is 12.7. The lowest BCUT2D eigenvalue weighted by atomic mass is 9.95. The number of rotatable bonds is 4. The number of carbonyl (C=O) groups is 1. The van der Waals surface area contributed by atoms with Gasteiger partial charge in [0.2, 0.25) is 6.41 Å². The van der Waals surface area contributed by atoms with E-state index in [1.807, 2.05) is 24.0 Å². The van der Waals surface area contributed by atoms with Crippen LogP contribution < -0.4 is 4.74 Å². The van der Waals surface area contributed by atoms with Crippen LogP contribution >= 0.6 is 0 Å². The molecule has 90 valence electrons. The fourth-order valence-corrected chi connectivity index (χ4v) is 3.10. The minimum absolute atomic E-state index is 0.256. The lowest BCUT2D eigenvalue weighted by molar-refractivity contribution is -0.117. The molecule has 0 radical (unpaired) electrons. The van der Waals surface area contributed by atoms with E-state index in [1.165, 1.54) is 12.0 Å². The van der Waals surface area contributed by atoms with Crippen LogP contribution in [0.3, 0.4) is 0 Å². The van der Waals surface area contributed by atoms with Gasteiger partial charge in [0, 0.05) is 18.5 Å².